The Morgan fingerprint density at radius 1 is 1.14 bits per heavy atom. The number of nitrogens with zero attached hydrogens (tertiary/aromatic N) is 5. The fraction of sp³-hybridized carbons (Fsp3) is 0.333. The van der Waals surface area contributed by atoms with Crippen LogP contribution in [0.4, 0.5) is 13.6 Å². The number of fused-ring (bicyclic) bond motifs is 1. The molecule has 1 saturated carbocycles. The minimum Gasteiger partial charge on any atom is -0.337 e. The topological polar surface area (TPSA) is 114 Å². The average Bonchev–Trinajstić information content (AvgIpc) is 3.36. The van der Waals surface area contributed by atoms with Gasteiger partial charge < -0.3 is 5.32 Å². The van der Waals surface area contributed by atoms with E-state index in [2.05, 4.69) is 30.7 Å². The van der Waals surface area contributed by atoms with Gasteiger partial charge in [0.2, 0.25) is 5.91 Å². The Kier molecular flexibility index (Phi) is 3.96. The summed E-state index contributed by atoms with van der Waals surface area (Å²) in [5.41, 5.74) is 1.85. The number of imide groups is 1. The Hall–Kier alpha value is -3.50. The largest absolute Gasteiger partial charge is 0.337 e. The smallest absolute Gasteiger partial charge is 0.321 e. The molecular formula is C18H15F2N7O2. The van der Waals surface area contributed by atoms with Crippen LogP contribution in [0.25, 0.3) is 5.65 Å². The van der Waals surface area contributed by atoms with Gasteiger partial charge in [-0.1, -0.05) is 0 Å². The molecule has 1 saturated heterocycles. The Morgan fingerprint density at radius 3 is 2.66 bits per heavy atom. The lowest BCUT2D eigenvalue weighted by molar-refractivity contribution is -0.122. The highest BCUT2D eigenvalue weighted by molar-refractivity contribution is 6.00. The molecule has 0 aromatic carbocycles. The van der Waals surface area contributed by atoms with E-state index in [-0.39, 0.29) is 23.9 Å². The van der Waals surface area contributed by atoms with Crippen LogP contribution in [0.5, 0.6) is 0 Å². The summed E-state index contributed by atoms with van der Waals surface area (Å²) in [7, 11) is 0. The van der Waals surface area contributed by atoms with E-state index in [9.17, 15) is 18.4 Å². The number of alkyl halides is 2. The Labute approximate surface area is 162 Å². The van der Waals surface area contributed by atoms with Crippen LogP contribution < -0.4 is 10.6 Å². The van der Waals surface area contributed by atoms with Crippen molar-refractivity contribution in [3.8, 4) is 0 Å². The second-order valence-electron chi connectivity index (χ2n) is 7.10. The van der Waals surface area contributed by atoms with Crippen LogP contribution >= 0.6 is 0 Å². The highest BCUT2D eigenvalue weighted by atomic mass is 19.3. The number of carbonyl (C=O) groups is 2. The molecule has 0 spiro atoms. The molecule has 148 valence electrons. The zero-order chi connectivity index (χ0) is 20.1. The minimum atomic E-state index is -2.60. The van der Waals surface area contributed by atoms with Gasteiger partial charge in [-0.2, -0.15) is 5.10 Å². The molecule has 3 atom stereocenters. The van der Waals surface area contributed by atoms with Crippen molar-refractivity contribution in [2.24, 2.45) is 0 Å². The normalized spacial score (nSPS) is 23.9. The third-order valence-corrected chi connectivity index (χ3v) is 5.25. The SMILES string of the molecule is O=C1NCC(c2cc([C@H]3C[C@@H]3c3ncc(C(F)F)cn3)c3nccn3n2)C(=O)N1. The van der Waals surface area contributed by atoms with Crippen molar-refractivity contribution in [2.45, 2.75) is 30.6 Å². The van der Waals surface area contributed by atoms with E-state index in [0.29, 0.717) is 17.2 Å². The third-order valence-electron chi connectivity index (χ3n) is 5.25. The molecule has 2 aliphatic rings. The molecule has 2 N–H and O–H groups in total. The lowest BCUT2D eigenvalue weighted by atomic mass is 10.00. The highest BCUT2D eigenvalue weighted by Crippen LogP contribution is 2.54. The maximum absolute atomic E-state index is 12.7. The Bertz CT molecular complexity index is 1120. The monoisotopic (exact) mass is 399 g/mol. The molecule has 11 heteroatoms. The fourth-order valence-corrected chi connectivity index (χ4v) is 3.65. The maximum atomic E-state index is 12.7. The first-order valence-corrected chi connectivity index (χ1v) is 9.04. The lowest BCUT2D eigenvalue weighted by Gasteiger charge is -2.22. The number of halogens is 2. The molecule has 1 unspecified atom stereocenters. The van der Waals surface area contributed by atoms with E-state index in [0.717, 1.165) is 24.4 Å². The van der Waals surface area contributed by atoms with Crippen molar-refractivity contribution in [3.05, 3.63) is 53.5 Å². The summed E-state index contributed by atoms with van der Waals surface area (Å²) in [6, 6.07) is 1.30. The summed E-state index contributed by atoms with van der Waals surface area (Å²) in [4.78, 5) is 36.1. The van der Waals surface area contributed by atoms with Crippen molar-refractivity contribution in [2.75, 3.05) is 6.54 Å². The number of carbonyl (C=O) groups excluding carboxylic acids is 2. The summed E-state index contributed by atoms with van der Waals surface area (Å²) in [5.74, 6) is -0.496. The predicted octanol–water partition coefficient (Wildman–Crippen LogP) is 1.65. The zero-order valence-electron chi connectivity index (χ0n) is 14.9. The number of nitrogens with one attached hydrogen (secondary N) is 2. The Balaban J connectivity index is 1.47. The first-order valence-electron chi connectivity index (χ1n) is 9.04. The van der Waals surface area contributed by atoms with Gasteiger partial charge in [-0.05, 0) is 18.4 Å². The maximum Gasteiger partial charge on any atom is 0.321 e. The predicted molar refractivity (Wildman–Crippen MR) is 94.4 cm³/mol. The van der Waals surface area contributed by atoms with Gasteiger partial charge in [0, 0.05) is 42.8 Å². The average molecular weight is 399 g/mol. The van der Waals surface area contributed by atoms with Crippen LogP contribution in [0.1, 0.15) is 53.2 Å². The van der Waals surface area contributed by atoms with Gasteiger partial charge in [0.15, 0.2) is 5.65 Å². The first-order chi connectivity index (χ1) is 14.0. The van der Waals surface area contributed by atoms with Crippen LogP contribution in [0.2, 0.25) is 0 Å². The van der Waals surface area contributed by atoms with Crippen molar-refractivity contribution in [1.29, 1.82) is 0 Å². The lowest BCUT2D eigenvalue weighted by Crippen LogP contribution is -2.51. The highest BCUT2D eigenvalue weighted by Gasteiger charge is 2.44. The van der Waals surface area contributed by atoms with Crippen molar-refractivity contribution in [3.63, 3.8) is 0 Å². The molecule has 2 fully saturated rings. The number of amides is 3. The molecule has 1 aliphatic heterocycles. The van der Waals surface area contributed by atoms with Crippen LogP contribution in [0, 0.1) is 0 Å². The quantitative estimate of drug-likeness (QED) is 0.690. The van der Waals surface area contributed by atoms with Crippen LogP contribution in [0.15, 0.2) is 30.9 Å². The summed E-state index contributed by atoms with van der Waals surface area (Å²) in [6.07, 6.45) is 3.75. The molecule has 0 bridgehead atoms. The zero-order valence-corrected chi connectivity index (χ0v) is 14.9. The summed E-state index contributed by atoms with van der Waals surface area (Å²) < 4.78 is 27.0. The summed E-state index contributed by atoms with van der Waals surface area (Å²) in [5, 5.41) is 9.31. The van der Waals surface area contributed by atoms with Crippen LogP contribution in [-0.4, -0.2) is 43.0 Å². The summed E-state index contributed by atoms with van der Waals surface area (Å²) in [6.45, 7) is 0.156. The van der Waals surface area contributed by atoms with E-state index in [4.69, 9.17) is 0 Å². The number of urea groups is 1. The molecule has 3 aromatic rings. The van der Waals surface area contributed by atoms with Crippen molar-refractivity contribution < 1.29 is 18.4 Å². The number of imidazole rings is 1. The van der Waals surface area contributed by atoms with Crippen molar-refractivity contribution >= 4 is 17.6 Å². The van der Waals surface area contributed by atoms with Crippen LogP contribution in [-0.2, 0) is 4.79 Å². The molecular weight excluding hydrogens is 384 g/mol. The van der Waals surface area contributed by atoms with Gasteiger partial charge in [-0.25, -0.2) is 33.0 Å². The van der Waals surface area contributed by atoms with Gasteiger partial charge in [-0.3, -0.25) is 10.1 Å². The molecule has 1 aliphatic carbocycles. The van der Waals surface area contributed by atoms with Crippen LogP contribution in [0.3, 0.4) is 0 Å². The van der Waals surface area contributed by atoms with Gasteiger partial charge in [0.05, 0.1) is 17.2 Å². The fourth-order valence-electron chi connectivity index (χ4n) is 3.65. The number of rotatable bonds is 4. The molecule has 29 heavy (non-hydrogen) atoms. The second kappa shape index (κ2) is 6.54. The third kappa shape index (κ3) is 3.08. The number of hydrogen-bond acceptors (Lipinski definition) is 6. The van der Waals surface area contributed by atoms with E-state index >= 15 is 0 Å². The van der Waals surface area contributed by atoms with E-state index < -0.39 is 24.3 Å². The number of hydrogen-bond donors (Lipinski definition) is 2. The number of aromatic nitrogens is 5. The van der Waals surface area contributed by atoms with E-state index in [1.807, 2.05) is 6.07 Å². The van der Waals surface area contributed by atoms with Gasteiger partial charge in [-0.15, -0.1) is 0 Å². The Morgan fingerprint density at radius 2 is 1.93 bits per heavy atom. The summed E-state index contributed by atoms with van der Waals surface area (Å²) >= 11 is 0. The minimum absolute atomic E-state index is 0.0163. The van der Waals surface area contributed by atoms with Crippen molar-refractivity contribution in [1.82, 2.24) is 35.2 Å². The van der Waals surface area contributed by atoms with Gasteiger partial charge >= 0.3 is 6.03 Å². The molecule has 5 rings (SSSR count). The molecule has 3 aromatic heterocycles. The van der Waals surface area contributed by atoms with E-state index in [1.165, 1.54) is 0 Å². The molecule has 3 amide bonds. The standard InChI is InChI=1S/C18H15F2N7O2/c19-14(20)8-5-22-15(23-6-8)10-3-9(10)11-4-13(26-27-2-1-21-16(11)27)12-7-24-18(29)25-17(12)28/h1-2,4-6,9-10,12,14H,3,7H2,(H2,24,25,28,29)/t9-,10-,12?/m0/s1. The second-order valence-corrected chi connectivity index (χ2v) is 7.10. The molecule has 9 nitrogen and oxygen atoms in total. The first kappa shape index (κ1) is 17.6. The van der Waals surface area contributed by atoms with Gasteiger partial charge in [0.25, 0.3) is 6.43 Å². The molecule has 0 radical (unpaired) electrons. The van der Waals surface area contributed by atoms with E-state index in [1.54, 1.807) is 16.9 Å². The molecule has 4 heterocycles. The van der Waals surface area contributed by atoms with Gasteiger partial charge in [0.1, 0.15) is 5.82 Å².